The Hall–Kier alpha value is -3.67. The molecular formula is C25H22N2O4. The lowest BCUT2D eigenvalue weighted by molar-refractivity contribution is 0.0735. The van der Waals surface area contributed by atoms with Crippen LogP contribution >= 0.6 is 0 Å². The molecule has 0 aliphatic carbocycles. The average molecular weight is 414 g/mol. The maximum absolute atomic E-state index is 12.9. The van der Waals surface area contributed by atoms with Crippen LogP contribution in [0.4, 0.5) is 0 Å². The van der Waals surface area contributed by atoms with Gasteiger partial charge >= 0.3 is 5.97 Å². The fourth-order valence-electron chi connectivity index (χ4n) is 4.10. The molecule has 1 aliphatic heterocycles. The van der Waals surface area contributed by atoms with Crippen LogP contribution in [0.1, 0.15) is 35.4 Å². The second-order valence-corrected chi connectivity index (χ2v) is 7.79. The van der Waals surface area contributed by atoms with Crippen molar-refractivity contribution in [2.24, 2.45) is 0 Å². The van der Waals surface area contributed by atoms with Crippen LogP contribution in [0.25, 0.3) is 21.7 Å². The highest BCUT2D eigenvalue weighted by atomic mass is 16.5. The van der Waals surface area contributed by atoms with Gasteiger partial charge in [0.25, 0.3) is 5.56 Å². The smallest absolute Gasteiger partial charge is 0.343 e. The van der Waals surface area contributed by atoms with E-state index < -0.39 is 5.97 Å². The molecule has 0 saturated carbocycles. The minimum atomic E-state index is -0.485. The number of carbonyl (C=O) groups excluding carboxylic acids is 1. The Kier molecular flexibility index (Phi) is 4.90. The summed E-state index contributed by atoms with van der Waals surface area (Å²) in [6.45, 7) is 0.702. The first-order valence-electron chi connectivity index (χ1n) is 10.5. The average Bonchev–Trinajstić information content (AvgIpc) is 3.04. The fourth-order valence-corrected chi connectivity index (χ4v) is 4.10. The van der Waals surface area contributed by atoms with Crippen LogP contribution in [0.3, 0.4) is 0 Å². The third kappa shape index (κ3) is 3.65. The van der Waals surface area contributed by atoms with E-state index in [1.807, 2.05) is 24.3 Å². The van der Waals surface area contributed by atoms with E-state index in [2.05, 4.69) is 4.98 Å². The number of hydrogen-bond acceptors (Lipinski definition) is 5. The molecule has 156 valence electrons. The molecule has 1 aliphatic rings. The minimum Gasteiger partial charge on any atom is -0.497 e. The molecular weight excluding hydrogens is 392 g/mol. The second kappa shape index (κ2) is 7.87. The maximum atomic E-state index is 12.9. The van der Waals surface area contributed by atoms with Gasteiger partial charge in [-0.2, -0.15) is 0 Å². The van der Waals surface area contributed by atoms with Gasteiger partial charge in [-0.1, -0.05) is 18.6 Å². The van der Waals surface area contributed by atoms with Crippen molar-refractivity contribution < 1.29 is 14.3 Å². The van der Waals surface area contributed by atoms with E-state index in [0.717, 1.165) is 48.0 Å². The second-order valence-electron chi connectivity index (χ2n) is 7.79. The molecule has 1 aromatic heterocycles. The maximum Gasteiger partial charge on any atom is 0.343 e. The van der Waals surface area contributed by atoms with Gasteiger partial charge in [-0.15, -0.1) is 0 Å². The molecule has 0 bridgehead atoms. The molecule has 0 spiro atoms. The first-order valence-corrected chi connectivity index (χ1v) is 10.5. The number of carbonyl (C=O) groups is 1. The number of esters is 1. The number of hydrogen-bond donors (Lipinski definition) is 0. The molecule has 0 saturated heterocycles. The van der Waals surface area contributed by atoms with Gasteiger partial charge in [0.15, 0.2) is 0 Å². The van der Waals surface area contributed by atoms with Gasteiger partial charge < -0.3 is 9.47 Å². The fraction of sp³-hybridized carbons (Fsp3) is 0.240. The van der Waals surface area contributed by atoms with E-state index in [4.69, 9.17) is 9.47 Å². The Labute approximate surface area is 179 Å². The molecule has 2 heterocycles. The summed E-state index contributed by atoms with van der Waals surface area (Å²) in [6, 6.07) is 16.2. The van der Waals surface area contributed by atoms with Gasteiger partial charge in [0, 0.05) is 13.0 Å². The Morgan fingerprint density at radius 1 is 0.935 bits per heavy atom. The molecule has 5 rings (SSSR count). The van der Waals surface area contributed by atoms with E-state index in [-0.39, 0.29) is 5.56 Å². The number of fused-ring (bicyclic) bond motifs is 3. The summed E-state index contributed by atoms with van der Waals surface area (Å²) >= 11 is 0. The van der Waals surface area contributed by atoms with Crippen molar-refractivity contribution in [2.45, 2.75) is 32.2 Å². The Morgan fingerprint density at radius 3 is 2.58 bits per heavy atom. The van der Waals surface area contributed by atoms with Crippen molar-refractivity contribution in [2.75, 3.05) is 7.11 Å². The highest BCUT2D eigenvalue weighted by Crippen LogP contribution is 2.26. The predicted octanol–water partition coefficient (Wildman–Crippen LogP) is 4.50. The van der Waals surface area contributed by atoms with E-state index in [1.54, 1.807) is 42.0 Å². The van der Waals surface area contributed by atoms with Gasteiger partial charge in [-0.3, -0.25) is 9.36 Å². The molecule has 0 fully saturated rings. The Bertz CT molecular complexity index is 1370. The summed E-state index contributed by atoms with van der Waals surface area (Å²) in [5, 5.41) is 2.47. The largest absolute Gasteiger partial charge is 0.497 e. The lowest BCUT2D eigenvalue weighted by atomic mass is 10.1. The minimum absolute atomic E-state index is 0.0368. The molecule has 0 amide bonds. The van der Waals surface area contributed by atoms with Crippen molar-refractivity contribution in [3.8, 4) is 11.5 Å². The van der Waals surface area contributed by atoms with Crippen molar-refractivity contribution in [3.63, 3.8) is 0 Å². The van der Waals surface area contributed by atoms with Gasteiger partial charge in [0.05, 0.1) is 23.6 Å². The van der Waals surface area contributed by atoms with E-state index in [1.165, 1.54) is 0 Å². The summed E-state index contributed by atoms with van der Waals surface area (Å²) in [5.41, 5.74) is 0.866. The van der Waals surface area contributed by atoms with Crippen molar-refractivity contribution in [1.82, 2.24) is 9.55 Å². The van der Waals surface area contributed by atoms with Crippen LogP contribution in [0.5, 0.6) is 11.5 Å². The monoisotopic (exact) mass is 414 g/mol. The third-order valence-electron chi connectivity index (χ3n) is 5.78. The molecule has 0 atom stereocenters. The topological polar surface area (TPSA) is 70.4 Å². The zero-order valence-corrected chi connectivity index (χ0v) is 17.3. The van der Waals surface area contributed by atoms with Gasteiger partial charge in [0.2, 0.25) is 0 Å². The van der Waals surface area contributed by atoms with Crippen molar-refractivity contribution in [1.29, 1.82) is 0 Å². The number of aromatic nitrogens is 2. The number of rotatable bonds is 3. The highest BCUT2D eigenvalue weighted by Gasteiger charge is 2.16. The van der Waals surface area contributed by atoms with E-state index in [9.17, 15) is 9.59 Å². The normalized spacial score (nSPS) is 13.6. The molecule has 4 aromatic rings. The Morgan fingerprint density at radius 2 is 1.74 bits per heavy atom. The molecule has 0 radical (unpaired) electrons. The molecule has 6 heteroatoms. The first kappa shape index (κ1) is 19.3. The lowest BCUT2D eigenvalue weighted by Crippen LogP contribution is -2.24. The van der Waals surface area contributed by atoms with Crippen LogP contribution in [0, 0.1) is 0 Å². The zero-order valence-electron chi connectivity index (χ0n) is 17.3. The number of ether oxygens (including phenoxy) is 2. The van der Waals surface area contributed by atoms with E-state index >= 15 is 0 Å². The van der Waals surface area contributed by atoms with Gasteiger partial charge in [-0.25, -0.2) is 9.78 Å². The SMILES string of the molecule is COc1ccc2ccc(OC(=O)c3ccc4c(=O)n5c(nc4c3)CCCCC5)cc2c1. The highest BCUT2D eigenvalue weighted by molar-refractivity contribution is 5.96. The quantitative estimate of drug-likeness (QED) is 0.365. The Balaban J connectivity index is 1.47. The molecule has 6 nitrogen and oxygen atoms in total. The number of methoxy groups -OCH3 is 1. The summed E-state index contributed by atoms with van der Waals surface area (Å²) in [7, 11) is 1.61. The molecule has 0 unspecified atom stereocenters. The van der Waals surface area contributed by atoms with Gasteiger partial charge in [-0.05, 0) is 66.1 Å². The zero-order chi connectivity index (χ0) is 21.4. The van der Waals surface area contributed by atoms with E-state index in [0.29, 0.717) is 28.8 Å². The lowest BCUT2D eigenvalue weighted by Gasteiger charge is -2.11. The molecule has 31 heavy (non-hydrogen) atoms. The van der Waals surface area contributed by atoms with Crippen molar-refractivity contribution in [3.05, 3.63) is 76.3 Å². The number of aryl methyl sites for hydroxylation is 1. The van der Waals surface area contributed by atoms with Gasteiger partial charge in [0.1, 0.15) is 17.3 Å². The van der Waals surface area contributed by atoms with Crippen LogP contribution in [0.15, 0.2) is 59.4 Å². The first-order chi connectivity index (χ1) is 15.1. The third-order valence-corrected chi connectivity index (χ3v) is 5.78. The van der Waals surface area contributed by atoms with Crippen LogP contribution in [-0.4, -0.2) is 22.6 Å². The van der Waals surface area contributed by atoms with Crippen LogP contribution < -0.4 is 15.0 Å². The van der Waals surface area contributed by atoms with Crippen LogP contribution in [0.2, 0.25) is 0 Å². The summed E-state index contributed by atoms with van der Waals surface area (Å²) in [6.07, 6.45) is 3.88. The summed E-state index contributed by atoms with van der Waals surface area (Å²) in [4.78, 5) is 30.3. The van der Waals surface area contributed by atoms with Crippen molar-refractivity contribution >= 4 is 27.6 Å². The standard InChI is InChI=1S/C25H22N2O4/c1-30-19-9-6-16-7-10-20(14-18(16)13-19)31-25(29)17-8-11-21-22(15-17)26-23-5-3-2-4-12-27(23)24(21)28/h6-11,13-15H,2-5,12H2,1H3. The van der Waals surface area contributed by atoms with Crippen LogP contribution in [-0.2, 0) is 13.0 Å². The number of benzene rings is 3. The predicted molar refractivity (Wildman–Crippen MR) is 119 cm³/mol. The summed E-state index contributed by atoms with van der Waals surface area (Å²) < 4.78 is 12.6. The number of nitrogens with zero attached hydrogens (tertiary/aromatic N) is 2. The molecule has 0 N–H and O–H groups in total. The summed E-state index contributed by atoms with van der Waals surface area (Å²) in [5.74, 6) is 1.49. The molecule has 3 aromatic carbocycles.